The van der Waals surface area contributed by atoms with Gasteiger partial charge >= 0.3 is 0 Å². The Morgan fingerprint density at radius 3 is 2.76 bits per heavy atom. The van der Waals surface area contributed by atoms with Gasteiger partial charge in [-0.15, -0.1) is 11.3 Å². The number of nitrogen functional groups attached to an aromatic ring is 1. The number of anilines is 2. The van der Waals surface area contributed by atoms with Crippen LogP contribution in [-0.4, -0.2) is 15.5 Å². The smallest absolute Gasteiger partial charge is 0.251 e. The second kappa shape index (κ2) is 5.69. The summed E-state index contributed by atoms with van der Waals surface area (Å²) in [6, 6.07) is 2.84. The first kappa shape index (κ1) is 15.2. The molecule has 0 atom stereocenters. The second-order valence-electron chi connectivity index (χ2n) is 5.76. The SMILES string of the molecule is CC(C)(C)c1csc(NC(=O)Cn2cc(N)ccc2=O)n1. The summed E-state index contributed by atoms with van der Waals surface area (Å²) in [6.07, 6.45) is 1.45. The first-order chi connectivity index (χ1) is 9.75. The number of amides is 1. The Bertz CT molecular complexity index is 712. The van der Waals surface area contributed by atoms with E-state index in [-0.39, 0.29) is 23.4 Å². The maximum atomic E-state index is 12.0. The van der Waals surface area contributed by atoms with E-state index in [1.54, 1.807) is 0 Å². The fourth-order valence-electron chi connectivity index (χ4n) is 1.66. The Balaban J connectivity index is 2.07. The topological polar surface area (TPSA) is 90.0 Å². The largest absolute Gasteiger partial charge is 0.398 e. The van der Waals surface area contributed by atoms with Crippen molar-refractivity contribution in [3.8, 4) is 0 Å². The van der Waals surface area contributed by atoms with Crippen molar-refractivity contribution in [1.82, 2.24) is 9.55 Å². The Morgan fingerprint density at radius 1 is 1.43 bits per heavy atom. The Kier molecular flexibility index (Phi) is 4.13. The lowest BCUT2D eigenvalue weighted by atomic mass is 9.93. The van der Waals surface area contributed by atoms with Gasteiger partial charge in [0.1, 0.15) is 6.54 Å². The lowest BCUT2D eigenvalue weighted by molar-refractivity contribution is -0.116. The third kappa shape index (κ3) is 3.91. The van der Waals surface area contributed by atoms with E-state index in [2.05, 4.69) is 31.1 Å². The van der Waals surface area contributed by atoms with Gasteiger partial charge in [0.05, 0.1) is 5.69 Å². The standard InChI is InChI=1S/C14H18N4O2S/c1-14(2,3)10-8-21-13(16-10)17-11(19)7-18-6-9(15)4-5-12(18)20/h4-6,8H,7,15H2,1-3H3,(H,16,17,19). The average Bonchev–Trinajstić information content (AvgIpc) is 2.82. The number of thiazole rings is 1. The normalized spacial score (nSPS) is 11.4. The lowest BCUT2D eigenvalue weighted by Gasteiger charge is -2.14. The molecular formula is C14H18N4O2S. The predicted octanol–water partition coefficient (Wildman–Crippen LogP) is 1.82. The molecule has 0 spiro atoms. The minimum absolute atomic E-state index is 0.0652. The molecule has 0 bridgehead atoms. The maximum Gasteiger partial charge on any atom is 0.251 e. The zero-order valence-corrected chi connectivity index (χ0v) is 13.0. The lowest BCUT2D eigenvalue weighted by Crippen LogP contribution is -2.27. The van der Waals surface area contributed by atoms with Crippen LogP contribution in [0, 0.1) is 0 Å². The van der Waals surface area contributed by atoms with Gasteiger partial charge < -0.3 is 15.6 Å². The molecular weight excluding hydrogens is 288 g/mol. The molecule has 0 aliphatic rings. The van der Waals surface area contributed by atoms with Crippen LogP contribution in [0.15, 0.2) is 28.5 Å². The molecule has 0 aliphatic carbocycles. The van der Waals surface area contributed by atoms with E-state index in [1.165, 1.54) is 34.2 Å². The summed E-state index contributed by atoms with van der Waals surface area (Å²) in [5.74, 6) is -0.308. The van der Waals surface area contributed by atoms with E-state index in [0.717, 1.165) is 5.69 Å². The summed E-state index contributed by atoms with van der Waals surface area (Å²) < 4.78 is 1.27. The maximum absolute atomic E-state index is 12.0. The molecule has 112 valence electrons. The first-order valence-electron chi connectivity index (χ1n) is 6.47. The van der Waals surface area contributed by atoms with Crippen LogP contribution in [0.5, 0.6) is 0 Å². The van der Waals surface area contributed by atoms with E-state index in [4.69, 9.17) is 5.73 Å². The van der Waals surface area contributed by atoms with Crippen molar-refractivity contribution in [3.63, 3.8) is 0 Å². The van der Waals surface area contributed by atoms with Gasteiger partial charge in [0, 0.05) is 28.7 Å². The Morgan fingerprint density at radius 2 is 2.14 bits per heavy atom. The third-order valence-electron chi connectivity index (χ3n) is 2.84. The van der Waals surface area contributed by atoms with Gasteiger partial charge in [0.15, 0.2) is 5.13 Å². The van der Waals surface area contributed by atoms with Crippen molar-refractivity contribution in [1.29, 1.82) is 0 Å². The van der Waals surface area contributed by atoms with Gasteiger partial charge in [0.25, 0.3) is 5.56 Å². The molecule has 0 radical (unpaired) electrons. The number of rotatable bonds is 3. The number of carbonyl (C=O) groups is 1. The molecule has 21 heavy (non-hydrogen) atoms. The van der Waals surface area contributed by atoms with Gasteiger partial charge in [-0.25, -0.2) is 4.98 Å². The van der Waals surface area contributed by atoms with Gasteiger partial charge in [-0.1, -0.05) is 20.8 Å². The number of hydrogen-bond acceptors (Lipinski definition) is 5. The van der Waals surface area contributed by atoms with Crippen molar-refractivity contribution in [2.75, 3.05) is 11.1 Å². The van der Waals surface area contributed by atoms with Crippen molar-refractivity contribution in [2.24, 2.45) is 0 Å². The molecule has 0 saturated carbocycles. The van der Waals surface area contributed by atoms with Crippen LogP contribution in [-0.2, 0) is 16.8 Å². The van der Waals surface area contributed by atoms with E-state index in [0.29, 0.717) is 10.8 Å². The summed E-state index contributed by atoms with van der Waals surface area (Å²) in [4.78, 5) is 27.9. The quantitative estimate of drug-likeness (QED) is 0.905. The molecule has 0 saturated heterocycles. The van der Waals surface area contributed by atoms with Crippen LogP contribution in [0.4, 0.5) is 10.8 Å². The van der Waals surface area contributed by atoms with Crippen molar-refractivity contribution >= 4 is 28.1 Å². The zero-order chi connectivity index (χ0) is 15.6. The number of nitrogens with two attached hydrogens (primary N) is 1. The van der Waals surface area contributed by atoms with Gasteiger partial charge in [0.2, 0.25) is 5.91 Å². The van der Waals surface area contributed by atoms with Crippen molar-refractivity contribution in [3.05, 3.63) is 39.8 Å². The Labute approximate surface area is 126 Å². The highest BCUT2D eigenvalue weighted by atomic mass is 32.1. The van der Waals surface area contributed by atoms with Crippen LogP contribution < -0.4 is 16.6 Å². The summed E-state index contributed by atoms with van der Waals surface area (Å²) >= 11 is 1.37. The summed E-state index contributed by atoms with van der Waals surface area (Å²) in [7, 11) is 0. The summed E-state index contributed by atoms with van der Waals surface area (Å²) in [5, 5.41) is 5.15. The first-order valence-corrected chi connectivity index (χ1v) is 7.35. The Hall–Kier alpha value is -2.15. The number of nitrogens with one attached hydrogen (secondary N) is 1. The second-order valence-corrected chi connectivity index (χ2v) is 6.62. The van der Waals surface area contributed by atoms with Crippen molar-refractivity contribution in [2.45, 2.75) is 32.7 Å². The van der Waals surface area contributed by atoms with E-state index < -0.39 is 0 Å². The zero-order valence-electron chi connectivity index (χ0n) is 12.2. The molecule has 0 fully saturated rings. The molecule has 0 aromatic carbocycles. The summed E-state index contributed by atoms with van der Waals surface area (Å²) in [5.41, 5.74) is 6.63. The molecule has 3 N–H and O–H groups in total. The predicted molar refractivity (Wildman–Crippen MR) is 84.6 cm³/mol. The van der Waals surface area contributed by atoms with Crippen LogP contribution in [0.1, 0.15) is 26.5 Å². The molecule has 2 heterocycles. The highest BCUT2D eigenvalue weighted by Crippen LogP contribution is 2.26. The fourth-order valence-corrected chi connectivity index (χ4v) is 2.62. The van der Waals surface area contributed by atoms with Gasteiger partial charge in [-0.3, -0.25) is 9.59 Å². The molecule has 1 amide bonds. The highest BCUT2D eigenvalue weighted by Gasteiger charge is 2.18. The third-order valence-corrected chi connectivity index (χ3v) is 3.60. The fraction of sp³-hybridized carbons (Fsp3) is 0.357. The monoisotopic (exact) mass is 306 g/mol. The van der Waals surface area contributed by atoms with Crippen LogP contribution in [0.2, 0.25) is 0 Å². The van der Waals surface area contributed by atoms with E-state index in [1.807, 2.05) is 5.38 Å². The molecule has 2 rings (SSSR count). The van der Waals surface area contributed by atoms with E-state index >= 15 is 0 Å². The average molecular weight is 306 g/mol. The number of hydrogen-bond donors (Lipinski definition) is 2. The molecule has 0 unspecified atom stereocenters. The molecule has 7 heteroatoms. The molecule has 2 aromatic rings. The summed E-state index contributed by atoms with van der Waals surface area (Å²) in [6.45, 7) is 6.08. The van der Waals surface area contributed by atoms with Gasteiger partial charge in [-0.05, 0) is 6.07 Å². The van der Waals surface area contributed by atoms with Crippen LogP contribution in [0.3, 0.4) is 0 Å². The molecule has 6 nitrogen and oxygen atoms in total. The molecule has 2 aromatic heterocycles. The minimum Gasteiger partial charge on any atom is -0.398 e. The number of pyridine rings is 1. The van der Waals surface area contributed by atoms with Crippen LogP contribution in [0.25, 0.3) is 0 Å². The number of carbonyl (C=O) groups excluding carboxylic acids is 1. The van der Waals surface area contributed by atoms with E-state index in [9.17, 15) is 9.59 Å². The molecule has 0 aliphatic heterocycles. The van der Waals surface area contributed by atoms with Crippen LogP contribution >= 0.6 is 11.3 Å². The number of nitrogens with zero attached hydrogens (tertiary/aromatic N) is 2. The number of aromatic nitrogens is 2. The van der Waals surface area contributed by atoms with Crippen molar-refractivity contribution < 1.29 is 4.79 Å². The minimum atomic E-state index is -0.308. The van der Waals surface area contributed by atoms with Gasteiger partial charge in [-0.2, -0.15) is 0 Å². The highest BCUT2D eigenvalue weighted by molar-refractivity contribution is 7.13.